The number of piperidine rings is 1. The van der Waals surface area contributed by atoms with E-state index in [1.54, 1.807) is 0 Å². The van der Waals surface area contributed by atoms with Gasteiger partial charge in [-0.1, -0.05) is 19.8 Å². The van der Waals surface area contributed by atoms with Crippen LogP contribution in [0.2, 0.25) is 0 Å². The quantitative estimate of drug-likeness (QED) is 0.786. The van der Waals surface area contributed by atoms with Crippen molar-refractivity contribution < 1.29 is 5.11 Å². The fourth-order valence-electron chi connectivity index (χ4n) is 4.19. The van der Waals surface area contributed by atoms with Crippen LogP contribution in [0.15, 0.2) is 0 Å². The molecule has 3 unspecified atom stereocenters. The lowest BCUT2D eigenvalue weighted by Gasteiger charge is -2.49. The van der Waals surface area contributed by atoms with Gasteiger partial charge < -0.3 is 15.3 Å². The van der Waals surface area contributed by atoms with E-state index in [4.69, 9.17) is 0 Å². The number of nitrogens with zero attached hydrogens (tertiary/aromatic N) is 1. The number of fused-ring (bicyclic) bond motifs is 2. The van der Waals surface area contributed by atoms with E-state index in [2.05, 4.69) is 31.0 Å². The summed E-state index contributed by atoms with van der Waals surface area (Å²) >= 11 is 0. The monoisotopic (exact) mass is 282 g/mol. The van der Waals surface area contributed by atoms with E-state index in [0.29, 0.717) is 12.1 Å². The Hall–Kier alpha value is -0.120. The molecule has 2 N–H and O–H groups in total. The molecule has 0 aromatic carbocycles. The highest BCUT2D eigenvalue weighted by atomic mass is 16.3. The zero-order valence-corrected chi connectivity index (χ0v) is 13.9. The van der Waals surface area contributed by atoms with Crippen molar-refractivity contribution in [1.29, 1.82) is 0 Å². The van der Waals surface area contributed by atoms with Gasteiger partial charge in [0.2, 0.25) is 0 Å². The number of hydrogen-bond donors (Lipinski definition) is 2. The van der Waals surface area contributed by atoms with Crippen LogP contribution in [0.25, 0.3) is 0 Å². The van der Waals surface area contributed by atoms with Crippen LogP contribution in [0.4, 0.5) is 0 Å². The van der Waals surface area contributed by atoms with Gasteiger partial charge in [0.05, 0.1) is 5.60 Å². The van der Waals surface area contributed by atoms with E-state index in [-0.39, 0.29) is 0 Å². The minimum atomic E-state index is -0.543. The minimum absolute atomic E-state index is 0.543. The molecule has 1 heterocycles. The zero-order valence-electron chi connectivity index (χ0n) is 13.9. The van der Waals surface area contributed by atoms with Gasteiger partial charge >= 0.3 is 0 Å². The first-order valence-electron chi connectivity index (χ1n) is 8.63. The van der Waals surface area contributed by atoms with Gasteiger partial charge in [0.1, 0.15) is 0 Å². The molecule has 20 heavy (non-hydrogen) atoms. The zero-order chi connectivity index (χ0) is 14.8. The van der Waals surface area contributed by atoms with E-state index in [9.17, 15) is 5.11 Å². The largest absolute Gasteiger partial charge is 0.389 e. The van der Waals surface area contributed by atoms with Crippen LogP contribution in [-0.4, -0.2) is 47.3 Å². The smallest absolute Gasteiger partial charge is 0.0743 e. The van der Waals surface area contributed by atoms with Crippen LogP contribution < -0.4 is 5.32 Å². The lowest BCUT2D eigenvalue weighted by Crippen LogP contribution is -2.59. The molecule has 3 atom stereocenters. The molecule has 0 aromatic heterocycles. The summed E-state index contributed by atoms with van der Waals surface area (Å²) in [5.74, 6) is 1.56. The lowest BCUT2D eigenvalue weighted by atomic mass is 9.73. The summed E-state index contributed by atoms with van der Waals surface area (Å²) in [4.78, 5) is 2.65. The van der Waals surface area contributed by atoms with Gasteiger partial charge in [-0.25, -0.2) is 0 Å². The second-order valence-corrected chi connectivity index (χ2v) is 7.65. The summed E-state index contributed by atoms with van der Waals surface area (Å²) < 4.78 is 0. The van der Waals surface area contributed by atoms with Crippen molar-refractivity contribution in [3.8, 4) is 0 Å². The first-order valence-corrected chi connectivity index (χ1v) is 8.63. The Kier molecular flexibility index (Phi) is 5.49. The molecular weight excluding hydrogens is 248 g/mol. The summed E-state index contributed by atoms with van der Waals surface area (Å²) in [6.45, 7) is 12.0. The summed E-state index contributed by atoms with van der Waals surface area (Å²) in [6, 6.07) is 1.30. The molecule has 0 amide bonds. The van der Waals surface area contributed by atoms with Crippen molar-refractivity contribution in [2.75, 3.05) is 19.6 Å². The molecule has 1 saturated heterocycles. The second kappa shape index (κ2) is 6.76. The van der Waals surface area contributed by atoms with Crippen molar-refractivity contribution in [3.63, 3.8) is 0 Å². The summed E-state index contributed by atoms with van der Waals surface area (Å²) in [5, 5.41) is 14.1. The van der Waals surface area contributed by atoms with E-state index in [0.717, 1.165) is 31.2 Å². The second-order valence-electron chi connectivity index (χ2n) is 7.65. The molecule has 1 aliphatic carbocycles. The summed E-state index contributed by atoms with van der Waals surface area (Å²) in [6.07, 6.45) is 6.04. The fourth-order valence-corrected chi connectivity index (χ4v) is 4.19. The summed E-state index contributed by atoms with van der Waals surface area (Å²) in [5.41, 5.74) is -0.543. The van der Waals surface area contributed by atoms with E-state index >= 15 is 0 Å². The Morgan fingerprint density at radius 2 is 1.85 bits per heavy atom. The van der Waals surface area contributed by atoms with Crippen LogP contribution in [-0.2, 0) is 0 Å². The molecule has 2 rings (SSSR count). The van der Waals surface area contributed by atoms with Crippen molar-refractivity contribution in [2.24, 2.45) is 11.8 Å². The van der Waals surface area contributed by atoms with Crippen LogP contribution in [0.1, 0.15) is 59.8 Å². The maximum atomic E-state index is 10.4. The number of aliphatic hydroxyl groups is 1. The maximum Gasteiger partial charge on any atom is 0.0743 e. The standard InChI is InChI=1S/C17H34N2O/c1-5-9-17(4,20)12-18-16-14-7-6-8-15(16)11-19(10-14)13(2)3/h13-16,18,20H,5-12H2,1-4H3. The Morgan fingerprint density at radius 1 is 1.25 bits per heavy atom. The first-order chi connectivity index (χ1) is 9.43. The Labute approximate surface area is 125 Å². The molecule has 1 aliphatic heterocycles. The van der Waals surface area contributed by atoms with Gasteiger partial charge in [-0.2, -0.15) is 0 Å². The molecule has 0 spiro atoms. The maximum absolute atomic E-state index is 10.4. The lowest BCUT2D eigenvalue weighted by molar-refractivity contribution is 0.00483. The SMILES string of the molecule is CCCC(C)(O)CNC1C2CCCC1CN(C(C)C)C2. The predicted octanol–water partition coefficient (Wildman–Crippen LogP) is 2.64. The number of rotatable bonds is 6. The average Bonchev–Trinajstić information content (AvgIpc) is 2.35. The van der Waals surface area contributed by atoms with Crippen LogP contribution >= 0.6 is 0 Å². The van der Waals surface area contributed by atoms with Crippen molar-refractivity contribution in [3.05, 3.63) is 0 Å². The van der Waals surface area contributed by atoms with Crippen molar-refractivity contribution in [1.82, 2.24) is 10.2 Å². The van der Waals surface area contributed by atoms with Gasteiger partial charge in [0.25, 0.3) is 0 Å². The first kappa shape index (κ1) is 16.3. The highest BCUT2D eigenvalue weighted by molar-refractivity contribution is 4.96. The molecule has 2 aliphatic rings. The molecule has 2 bridgehead atoms. The van der Waals surface area contributed by atoms with Gasteiger partial charge in [0, 0.05) is 31.7 Å². The van der Waals surface area contributed by atoms with Gasteiger partial charge in [-0.05, 0) is 51.9 Å². The molecule has 3 nitrogen and oxygen atoms in total. The third kappa shape index (κ3) is 3.96. The Balaban J connectivity index is 1.92. The van der Waals surface area contributed by atoms with E-state index < -0.39 is 5.60 Å². The average molecular weight is 282 g/mol. The molecule has 0 aromatic rings. The number of likely N-dealkylation sites (tertiary alicyclic amines) is 1. The highest BCUT2D eigenvalue weighted by Gasteiger charge is 2.40. The van der Waals surface area contributed by atoms with Crippen LogP contribution in [0.3, 0.4) is 0 Å². The molecular formula is C17H34N2O. The van der Waals surface area contributed by atoms with Gasteiger partial charge in [0.15, 0.2) is 0 Å². The minimum Gasteiger partial charge on any atom is -0.389 e. The van der Waals surface area contributed by atoms with Crippen molar-refractivity contribution >= 4 is 0 Å². The van der Waals surface area contributed by atoms with Gasteiger partial charge in [-0.15, -0.1) is 0 Å². The Morgan fingerprint density at radius 3 is 2.35 bits per heavy atom. The molecule has 3 heteroatoms. The number of hydrogen-bond acceptors (Lipinski definition) is 3. The molecule has 2 fully saturated rings. The van der Waals surface area contributed by atoms with Crippen LogP contribution in [0.5, 0.6) is 0 Å². The third-order valence-corrected chi connectivity index (χ3v) is 5.34. The van der Waals surface area contributed by atoms with Crippen LogP contribution in [0, 0.1) is 11.8 Å². The molecule has 0 radical (unpaired) electrons. The van der Waals surface area contributed by atoms with E-state index in [1.165, 1.54) is 32.4 Å². The normalized spacial score (nSPS) is 34.2. The molecule has 118 valence electrons. The fraction of sp³-hybridized carbons (Fsp3) is 1.00. The third-order valence-electron chi connectivity index (χ3n) is 5.34. The topological polar surface area (TPSA) is 35.5 Å². The van der Waals surface area contributed by atoms with Crippen molar-refractivity contribution in [2.45, 2.75) is 77.5 Å². The number of nitrogens with one attached hydrogen (secondary N) is 1. The predicted molar refractivity (Wildman–Crippen MR) is 84.9 cm³/mol. The van der Waals surface area contributed by atoms with E-state index in [1.807, 2.05) is 6.92 Å². The Bertz CT molecular complexity index is 289. The highest BCUT2D eigenvalue weighted by Crippen LogP contribution is 2.35. The molecule has 1 saturated carbocycles. The summed E-state index contributed by atoms with van der Waals surface area (Å²) in [7, 11) is 0. The van der Waals surface area contributed by atoms with Gasteiger partial charge in [-0.3, -0.25) is 0 Å².